The maximum Gasteiger partial charge on any atom is 0.251 e. The van der Waals surface area contributed by atoms with E-state index < -0.39 is 0 Å². The summed E-state index contributed by atoms with van der Waals surface area (Å²) in [6.45, 7) is 5.32. The lowest BCUT2D eigenvalue weighted by Gasteiger charge is -2.28. The van der Waals surface area contributed by atoms with E-state index in [-0.39, 0.29) is 11.8 Å². The first-order chi connectivity index (χ1) is 16.1. The molecule has 33 heavy (non-hydrogen) atoms. The highest BCUT2D eigenvalue weighted by Gasteiger charge is 2.19. The number of rotatable bonds is 6. The van der Waals surface area contributed by atoms with Crippen molar-refractivity contribution < 1.29 is 4.79 Å². The number of nitrogens with zero attached hydrogens (tertiary/aromatic N) is 6. The Balaban J connectivity index is 1.32. The second-order valence-corrected chi connectivity index (χ2v) is 8.18. The molecule has 1 aliphatic heterocycles. The Hall–Kier alpha value is -4.01. The van der Waals surface area contributed by atoms with Crippen LogP contribution in [-0.4, -0.2) is 50.5 Å². The molecule has 168 valence electrons. The number of fused-ring (bicyclic) bond motifs is 2. The Morgan fingerprint density at radius 2 is 2.03 bits per heavy atom. The predicted octanol–water partition coefficient (Wildman–Crippen LogP) is 2.82. The summed E-state index contributed by atoms with van der Waals surface area (Å²) in [5.74, 6) is 2.75. The molecule has 2 N–H and O–H groups in total. The van der Waals surface area contributed by atoms with Crippen LogP contribution in [0, 0.1) is 0 Å². The zero-order chi connectivity index (χ0) is 22.8. The fourth-order valence-corrected chi connectivity index (χ4v) is 4.28. The van der Waals surface area contributed by atoms with Gasteiger partial charge in [0, 0.05) is 62.6 Å². The van der Waals surface area contributed by atoms with E-state index in [9.17, 15) is 4.79 Å². The molecule has 4 heterocycles. The predicted molar refractivity (Wildman–Crippen MR) is 127 cm³/mol. The van der Waals surface area contributed by atoms with Gasteiger partial charge in [-0.05, 0) is 11.6 Å². The molecule has 0 aliphatic carbocycles. The van der Waals surface area contributed by atoms with Gasteiger partial charge < -0.3 is 20.1 Å². The fourth-order valence-electron chi connectivity index (χ4n) is 4.28. The third-order valence-electron chi connectivity index (χ3n) is 6.12. The van der Waals surface area contributed by atoms with Crippen molar-refractivity contribution in [2.75, 3.05) is 30.4 Å². The Labute approximate surface area is 191 Å². The molecular weight excluding hydrogens is 416 g/mol. The molecule has 1 atom stereocenters. The van der Waals surface area contributed by atoms with Crippen LogP contribution in [-0.2, 0) is 13.1 Å². The van der Waals surface area contributed by atoms with E-state index in [0.29, 0.717) is 12.1 Å². The Kier molecular flexibility index (Phi) is 5.60. The van der Waals surface area contributed by atoms with Crippen LogP contribution < -0.4 is 15.5 Å². The molecule has 1 aromatic carbocycles. The standard InChI is InChI=1S/C24H26N8O/c1-16(17-4-3-5-18-19(24(33)25-2)6-7-27-23(17)18)13-28-20-12-21(30-15-29-20)32-11-10-31-9-8-26-22(31)14-32/h3-9,12,15-16H,10-11,13-14H2,1-2H3,(H,25,33)(H,28,29,30)/t16-/m1/s1. The van der Waals surface area contributed by atoms with Gasteiger partial charge >= 0.3 is 0 Å². The van der Waals surface area contributed by atoms with Crippen LogP contribution in [0.25, 0.3) is 10.9 Å². The summed E-state index contributed by atoms with van der Waals surface area (Å²) < 4.78 is 2.17. The Bertz CT molecular complexity index is 1300. The summed E-state index contributed by atoms with van der Waals surface area (Å²) in [6, 6.07) is 9.72. The van der Waals surface area contributed by atoms with E-state index in [1.54, 1.807) is 25.6 Å². The smallest absolute Gasteiger partial charge is 0.251 e. The van der Waals surface area contributed by atoms with Gasteiger partial charge in [-0.2, -0.15) is 0 Å². The number of benzene rings is 1. The van der Waals surface area contributed by atoms with Gasteiger partial charge in [0.25, 0.3) is 5.91 Å². The van der Waals surface area contributed by atoms with Crippen molar-refractivity contribution in [3.63, 3.8) is 0 Å². The highest BCUT2D eigenvalue weighted by atomic mass is 16.1. The second-order valence-electron chi connectivity index (χ2n) is 8.18. The highest BCUT2D eigenvalue weighted by Crippen LogP contribution is 2.27. The monoisotopic (exact) mass is 442 g/mol. The van der Waals surface area contributed by atoms with Crippen LogP contribution in [0.1, 0.15) is 34.6 Å². The van der Waals surface area contributed by atoms with Gasteiger partial charge in [-0.3, -0.25) is 9.78 Å². The average molecular weight is 443 g/mol. The molecule has 0 unspecified atom stereocenters. The largest absolute Gasteiger partial charge is 0.369 e. The number of hydrogen-bond donors (Lipinski definition) is 2. The number of carbonyl (C=O) groups excluding carboxylic acids is 1. The van der Waals surface area contributed by atoms with Gasteiger partial charge in [0.15, 0.2) is 0 Å². The summed E-state index contributed by atoms with van der Waals surface area (Å²) in [6.07, 6.45) is 7.14. The van der Waals surface area contributed by atoms with Crippen LogP contribution in [0.3, 0.4) is 0 Å². The normalized spacial score (nSPS) is 14.1. The van der Waals surface area contributed by atoms with E-state index in [1.807, 2.05) is 30.6 Å². The highest BCUT2D eigenvalue weighted by molar-refractivity contribution is 6.06. The van der Waals surface area contributed by atoms with Crippen molar-refractivity contribution in [2.24, 2.45) is 0 Å². The van der Waals surface area contributed by atoms with E-state index in [2.05, 4.69) is 53.0 Å². The zero-order valence-corrected chi connectivity index (χ0v) is 18.7. The SMILES string of the molecule is CNC(=O)c1ccnc2c([C@H](C)CNc3cc(N4CCn5ccnc5C4)ncn3)cccc12. The molecule has 4 aromatic rings. The number of carbonyl (C=O) groups is 1. The molecule has 1 aliphatic rings. The molecule has 0 saturated carbocycles. The molecule has 0 bridgehead atoms. The van der Waals surface area contributed by atoms with Crippen LogP contribution in [0.4, 0.5) is 11.6 Å². The number of hydrogen-bond acceptors (Lipinski definition) is 7. The van der Waals surface area contributed by atoms with Gasteiger partial charge in [0.05, 0.1) is 17.6 Å². The first-order valence-electron chi connectivity index (χ1n) is 11.0. The topological polar surface area (TPSA) is 101 Å². The minimum atomic E-state index is -0.112. The Morgan fingerprint density at radius 3 is 2.91 bits per heavy atom. The van der Waals surface area contributed by atoms with Crippen molar-refractivity contribution in [2.45, 2.75) is 25.9 Å². The van der Waals surface area contributed by atoms with Gasteiger partial charge in [-0.25, -0.2) is 15.0 Å². The van der Waals surface area contributed by atoms with Crippen molar-refractivity contribution in [1.29, 1.82) is 0 Å². The van der Waals surface area contributed by atoms with Crippen LogP contribution in [0.2, 0.25) is 0 Å². The molecule has 1 amide bonds. The van der Waals surface area contributed by atoms with Gasteiger partial charge in [-0.15, -0.1) is 0 Å². The minimum Gasteiger partial charge on any atom is -0.369 e. The number of imidazole rings is 1. The molecule has 0 radical (unpaired) electrons. The van der Waals surface area contributed by atoms with Gasteiger partial charge in [0.1, 0.15) is 23.8 Å². The lowest BCUT2D eigenvalue weighted by Crippen LogP contribution is -2.34. The van der Waals surface area contributed by atoms with Gasteiger partial charge in [0.2, 0.25) is 0 Å². The maximum absolute atomic E-state index is 12.3. The summed E-state index contributed by atoms with van der Waals surface area (Å²) in [4.78, 5) is 32.4. The van der Waals surface area contributed by atoms with E-state index in [1.165, 1.54) is 0 Å². The molecule has 0 spiro atoms. The summed E-state index contributed by atoms with van der Waals surface area (Å²) in [7, 11) is 1.64. The third kappa shape index (κ3) is 4.09. The zero-order valence-electron chi connectivity index (χ0n) is 18.7. The maximum atomic E-state index is 12.3. The van der Waals surface area contributed by atoms with Crippen molar-refractivity contribution in [3.8, 4) is 0 Å². The number of anilines is 2. The number of amides is 1. The quantitative estimate of drug-likeness (QED) is 0.473. The number of aromatic nitrogens is 5. The van der Waals surface area contributed by atoms with Crippen LogP contribution >= 0.6 is 0 Å². The number of pyridine rings is 1. The lowest BCUT2D eigenvalue weighted by molar-refractivity contribution is 0.0964. The van der Waals surface area contributed by atoms with Crippen molar-refractivity contribution in [1.82, 2.24) is 29.8 Å². The summed E-state index contributed by atoms with van der Waals surface area (Å²) in [5.41, 5.74) is 2.56. The number of para-hydroxylation sites is 1. The average Bonchev–Trinajstić information content (AvgIpc) is 3.34. The Morgan fingerprint density at radius 1 is 1.12 bits per heavy atom. The van der Waals surface area contributed by atoms with Crippen LogP contribution in [0.15, 0.2) is 55.2 Å². The third-order valence-corrected chi connectivity index (χ3v) is 6.12. The number of nitrogens with one attached hydrogen (secondary N) is 2. The lowest BCUT2D eigenvalue weighted by atomic mass is 9.96. The first-order valence-corrected chi connectivity index (χ1v) is 11.0. The van der Waals surface area contributed by atoms with Gasteiger partial charge in [-0.1, -0.05) is 25.1 Å². The molecule has 0 saturated heterocycles. The molecular formula is C24H26N8O. The fraction of sp³-hybridized carbons (Fsp3) is 0.292. The molecule has 0 fully saturated rings. The molecule has 5 rings (SSSR count). The van der Waals surface area contributed by atoms with E-state index >= 15 is 0 Å². The minimum absolute atomic E-state index is 0.112. The molecule has 9 nitrogen and oxygen atoms in total. The summed E-state index contributed by atoms with van der Waals surface area (Å²) >= 11 is 0. The van der Waals surface area contributed by atoms with E-state index in [0.717, 1.165) is 53.6 Å². The summed E-state index contributed by atoms with van der Waals surface area (Å²) in [5, 5.41) is 7.00. The molecule has 3 aromatic heterocycles. The van der Waals surface area contributed by atoms with Crippen molar-refractivity contribution in [3.05, 3.63) is 72.2 Å². The van der Waals surface area contributed by atoms with Crippen molar-refractivity contribution >= 4 is 28.4 Å². The van der Waals surface area contributed by atoms with E-state index in [4.69, 9.17) is 0 Å². The molecule has 9 heteroatoms. The van der Waals surface area contributed by atoms with Crippen LogP contribution in [0.5, 0.6) is 0 Å². The first kappa shape index (κ1) is 20.9. The second kappa shape index (κ2) is 8.85.